The lowest BCUT2D eigenvalue weighted by Gasteiger charge is -2.24. The fourth-order valence-electron chi connectivity index (χ4n) is 4.56. The SMILES string of the molecule is COC(=O)CCCCCC1C(=O)NC(=O)C1C1C(=O)NC(=O)C1CCCCCC(=O)OC. The minimum atomic E-state index is -0.880. The van der Waals surface area contributed by atoms with E-state index in [1.54, 1.807) is 0 Å². The summed E-state index contributed by atoms with van der Waals surface area (Å²) in [5.74, 6) is -5.58. The monoisotopic (exact) mass is 452 g/mol. The maximum atomic E-state index is 12.5. The van der Waals surface area contributed by atoms with Crippen molar-refractivity contribution < 1.29 is 38.2 Å². The first-order valence-corrected chi connectivity index (χ1v) is 11.1. The average molecular weight is 453 g/mol. The predicted molar refractivity (Wildman–Crippen MR) is 110 cm³/mol. The lowest BCUT2D eigenvalue weighted by molar-refractivity contribution is -0.141. The van der Waals surface area contributed by atoms with Crippen molar-refractivity contribution in [1.29, 1.82) is 0 Å². The lowest BCUT2D eigenvalue weighted by atomic mass is 9.74. The molecule has 0 aromatic carbocycles. The van der Waals surface area contributed by atoms with Crippen LogP contribution in [0.3, 0.4) is 0 Å². The van der Waals surface area contributed by atoms with Gasteiger partial charge in [0.25, 0.3) is 0 Å². The van der Waals surface area contributed by atoms with E-state index >= 15 is 0 Å². The van der Waals surface area contributed by atoms with Crippen LogP contribution in [-0.2, 0) is 38.2 Å². The Morgan fingerprint density at radius 2 is 1.00 bits per heavy atom. The molecule has 2 rings (SSSR count). The first-order valence-electron chi connectivity index (χ1n) is 11.1. The molecule has 10 nitrogen and oxygen atoms in total. The van der Waals surface area contributed by atoms with E-state index in [1.165, 1.54) is 14.2 Å². The number of nitrogens with one attached hydrogen (secondary N) is 2. The summed E-state index contributed by atoms with van der Waals surface area (Å²) in [5.41, 5.74) is 0. The first-order chi connectivity index (χ1) is 15.3. The molecule has 2 aliphatic heterocycles. The molecular weight excluding hydrogens is 420 g/mol. The number of unbranched alkanes of at least 4 members (excludes halogenated alkanes) is 4. The minimum absolute atomic E-state index is 0.285. The molecule has 0 radical (unpaired) electrons. The van der Waals surface area contributed by atoms with Crippen LogP contribution < -0.4 is 10.6 Å². The molecular formula is C22H32N2O8. The van der Waals surface area contributed by atoms with Crippen molar-refractivity contribution in [3.63, 3.8) is 0 Å². The Kier molecular flexibility index (Phi) is 9.80. The summed E-state index contributed by atoms with van der Waals surface area (Å²) >= 11 is 0. The van der Waals surface area contributed by atoms with Crippen LogP contribution in [0.1, 0.15) is 64.2 Å². The van der Waals surface area contributed by atoms with Crippen LogP contribution in [0.15, 0.2) is 0 Å². The van der Waals surface area contributed by atoms with Gasteiger partial charge in [0.15, 0.2) is 0 Å². The summed E-state index contributed by atoms with van der Waals surface area (Å²) in [7, 11) is 2.65. The van der Waals surface area contributed by atoms with E-state index in [4.69, 9.17) is 0 Å². The molecule has 2 N–H and O–H groups in total. The molecule has 0 spiro atoms. The Bertz CT molecular complexity index is 688. The van der Waals surface area contributed by atoms with Gasteiger partial charge < -0.3 is 9.47 Å². The number of carbonyl (C=O) groups excluding carboxylic acids is 6. The van der Waals surface area contributed by atoms with Crippen LogP contribution in [0.5, 0.6) is 0 Å². The second kappa shape index (κ2) is 12.3. The zero-order chi connectivity index (χ0) is 23.7. The summed E-state index contributed by atoms with van der Waals surface area (Å²) in [4.78, 5) is 72.3. The number of carbonyl (C=O) groups is 6. The van der Waals surface area contributed by atoms with Crippen molar-refractivity contribution in [1.82, 2.24) is 10.6 Å². The summed E-state index contributed by atoms with van der Waals surface area (Å²) < 4.78 is 9.19. The highest BCUT2D eigenvalue weighted by Gasteiger charge is 2.54. The van der Waals surface area contributed by atoms with Crippen LogP contribution in [-0.4, -0.2) is 49.8 Å². The number of hydrogen-bond donors (Lipinski definition) is 2. The smallest absolute Gasteiger partial charge is 0.305 e. The van der Waals surface area contributed by atoms with Gasteiger partial charge in [-0.2, -0.15) is 0 Å². The van der Waals surface area contributed by atoms with Crippen molar-refractivity contribution in [2.75, 3.05) is 14.2 Å². The van der Waals surface area contributed by atoms with Gasteiger partial charge in [-0.05, 0) is 25.7 Å². The van der Waals surface area contributed by atoms with E-state index in [9.17, 15) is 28.8 Å². The van der Waals surface area contributed by atoms with Crippen molar-refractivity contribution in [2.45, 2.75) is 64.2 Å². The molecule has 0 aliphatic carbocycles. The van der Waals surface area contributed by atoms with E-state index in [2.05, 4.69) is 20.1 Å². The van der Waals surface area contributed by atoms with Gasteiger partial charge in [-0.25, -0.2) is 0 Å². The van der Waals surface area contributed by atoms with Crippen LogP contribution in [0.25, 0.3) is 0 Å². The molecule has 0 saturated carbocycles. The Morgan fingerprint density at radius 3 is 1.34 bits per heavy atom. The van der Waals surface area contributed by atoms with Gasteiger partial charge in [0.2, 0.25) is 23.6 Å². The van der Waals surface area contributed by atoms with Gasteiger partial charge >= 0.3 is 11.9 Å². The second-order valence-electron chi connectivity index (χ2n) is 8.32. The van der Waals surface area contributed by atoms with Gasteiger partial charge in [0.1, 0.15) is 0 Å². The molecule has 2 saturated heterocycles. The molecule has 0 aromatic rings. The molecule has 32 heavy (non-hydrogen) atoms. The average Bonchev–Trinajstić information content (AvgIpc) is 3.19. The van der Waals surface area contributed by atoms with Crippen LogP contribution in [0, 0.1) is 23.7 Å². The van der Waals surface area contributed by atoms with E-state index in [0.717, 1.165) is 0 Å². The van der Waals surface area contributed by atoms with Crippen molar-refractivity contribution in [3.05, 3.63) is 0 Å². The molecule has 0 aromatic heterocycles. The summed E-state index contributed by atoms with van der Waals surface area (Å²) in [6.07, 6.45) is 5.16. The van der Waals surface area contributed by atoms with Crippen LogP contribution >= 0.6 is 0 Å². The van der Waals surface area contributed by atoms with Crippen molar-refractivity contribution >= 4 is 35.6 Å². The van der Waals surface area contributed by atoms with E-state index in [1.807, 2.05) is 0 Å². The van der Waals surface area contributed by atoms with Crippen LogP contribution in [0.4, 0.5) is 0 Å². The topological polar surface area (TPSA) is 145 Å². The van der Waals surface area contributed by atoms with Gasteiger partial charge in [-0.3, -0.25) is 39.4 Å². The molecule has 0 bridgehead atoms. The number of amides is 4. The minimum Gasteiger partial charge on any atom is -0.469 e. The summed E-state index contributed by atoms with van der Waals surface area (Å²) in [6, 6.07) is 0. The van der Waals surface area contributed by atoms with Gasteiger partial charge in [0, 0.05) is 12.8 Å². The highest BCUT2D eigenvalue weighted by Crippen LogP contribution is 2.39. The van der Waals surface area contributed by atoms with E-state index < -0.39 is 47.3 Å². The normalized spacial score (nSPS) is 24.9. The molecule has 178 valence electrons. The van der Waals surface area contributed by atoms with E-state index in [-0.39, 0.29) is 24.8 Å². The van der Waals surface area contributed by atoms with Crippen molar-refractivity contribution in [3.8, 4) is 0 Å². The zero-order valence-corrected chi connectivity index (χ0v) is 18.6. The first kappa shape index (κ1) is 25.5. The maximum Gasteiger partial charge on any atom is 0.305 e. The Labute approximate surface area is 187 Å². The highest BCUT2D eigenvalue weighted by molar-refractivity contribution is 6.11. The Hall–Kier alpha value is -2.78. The Balaban J connectivity index is 1.95. The number of imide groups is 2. The number of hydrogen-bond acceptors (Lipinski definition) is 8. The molecule has 2 heterocycles. The number of rotatable bonds is 13. The number of ether oxygens (including phenoxy) is 2. The molecule has 2 fully saturated rings. The maximum absolute atomic E-state index is 12.5. The standard InChI is InChI=1S/C22H32N2O8/c1-31-15(25)11-7-3-5-9-13-17(21(29)23-19(13)27)18-14(20(28)24-22(18)30)10-6-4-8-12-16(26)32-2/h13-14,17-18H,3-12H2,1-2H3,(H,23,27,29)(H,24,28,30). The van der Waals surface area contributed by atoms with E-state index in [0.29, 0.717) is 51.4 Å². The molecule has 2 aliphatic rings. The fourth-order valence-corrected chi connectivity index (χ4v) is 4.56. The quantitative estimate of drug-likeness (QED) is 0.239. The predicted octanol–water partition coefficient (Wildman–Crippen LogP) is 1.01. The molecule has 4 amide bonds. The lowest BCUT2D eigenvalue weighted by Crippen LogP contribution is -2.35. The second-order valence-corrected chi connectivity index (χ2v) is 8.32. The largest absolute Gasteiger partial charge is 0.469 e. The third-order valence-electron chi connectivity index (χ3n) is 6.27. The summed E-state index contributed by atoms with van der Waals surface area (Å²) in [6.45, 7) is 0. The fraction of sp³-hybridized carbons (Fsp3) is 0.727. The zero-order valence-electron chi connectivity index (χ0n) is 18.6. The Morgan fingerprint density at radius 1 is 0.625 bits per heavy atom. The van der Waals surface area contributed by atoms with Gasteiger partial charge in [-0.15, -0.1) is 0 Å². The molecule has 10 heteroatoms. The van der Waals surface area contributed by atoms with Crippen molar-refractivity contribution in [2.24, 2.45) is 23.7 Å². The molecule has 4 atom stereocenters. The van der Waals surface area contributed by atoms with Crippen LogP contribution in [0.2, 0.25) is 0 Å². The number of esters is 2. The summed E-state index contributed by atoms with van der Waals surface area (Å²) in [5, 5.41) is 4.64. The van der Waals surface area contributed by atoms with Gasteiger partial charge in [0.05, 0.1) is 37.9 Å². The van der Waals surface area contributed by atoms with Gasteiger partial charge in [-0.1, -0.05) is 25.7 Å². The number of methoxy groups -OCH3 is 2. The third kappa shape index (κ3) is 6.61. The molecule has 4 unspecified atom stereocenters. The third-order valence-corrected chi connectivity index (χ3v) is 6.27. The highest BCUT2D eigenvalue weighted by atomic mass is 16.5.